The van der Waals surface area contributed by atoms with Crippen molar-refractivity contribution < 1.29 is 14.3 Å². The smallest absolute Gasteiger partial charge is 0.267 e. The zero-order valence-corrected chi connectivity index (χ0v) is 14.0. The quantitative estimate of drug-likeness (QED) is 0.848. The summed E-state index contributed by atoms with van der Waals surface area (Å²) in [6.45, 7) is 3.46. The Kier molecular flexibility index (Phi) is 4.43. The summed E-state index contributed by atoms with van der Waals surface area (Å²) in [5, 5.41) is 0. The number of nitrogens with zero attached hydrogens (tertiary/aromatic N) is 1. The number of benzene rings is 1. The molecule has 2 fully saturated rings. The summed E-state index contributed by atoms with van der Waals surface area (Å²) in [6, 6.07) is 7.74. The summed E-state index contributed by atoms with van der Waals surface area (Å²) in [4.78, 5) is 14.8. The van der Waals surface area contributed by atoms with Crippen LogP contribution in [0.2, 0.25) is 0 Å². The Labute approximate surface area is 142 Å². The molecule has 5 atom stereocenters. The van der Waals surface area contributed by atoms with E-state index in [2.05, 4.69) is 0 Å². The molecule has 2 N–H and O–H groups in total. The molecule has 3 aliphatic rings. The van der Waals surface area contributed by atoms with E-state index in [9.17, 15) is 4.79 Å². The van der Waals surface area contributed by atoms with Gasteiger partial charge in [0.25, 0.3) is 5.91 Å². The molecule has 2 aliphatic heterocycles. The number of hydrogen-bond acceptors (Lipinski definition) is 4. The van der Waals surface area contributed by atoms with Gasteiger partial charge in [0.15, 0.2) is 11.5 Å². The number of rotatable bonds is 1. The number of fused-ring (bicyclic) bond motifs is 2. The average molecular weight is 339 g/mol. The Morgan fingerprint density at radius 3 is 2.57 bits per heavy atom. The van der Waals surface area contributed by atoms with Crippen molar-refractivity contribution in [1.82, 2.24) is 4.90 Å². The monoisotopic (exact) mass is 338 g/mol. The van der Waals surface area contributed by atoms with E-state index in [1.54, 1.807) is 0 Å². The van der Waals surface area contributed by atoms with Gasteiger partial charge in [0.05, 0.1) is 0 Å². The third kappa shape index (κ3) is 2.76. The van der Waals surface area contributed by atoms with Crippen LogP contribution in [0.1, 0.15) is 19.8 Å². The molecule has 1 aromatic rings. The number of para-hydroxylation sites is 2. The second-order valence-electron chi connectivity index (χ2n) is 6.72. The predicted molar refractivity (Wildman–Crippen MR) is 89.0 cm³/mol. The fourth-order valence-electron chi connectivity index (χ4n) is 4.06. The minimum Gasteiger partial charge on any atom is -0.482 e. The molecule has 0 radical (unpaired) electrons. The van der Waals surface area contributed by atoms with Crippen LogP contribution < -0.4 is 15.2 Å². The van der Waals surface area contributed by atoms with Crippen molar-refractivity contribution in [2.75, 3.05) is 13.1 Å². The van der Waals surface area contributed by atoms with Gasteiger partial charge in [0.2, 0.25) is 6.10 Å². The third-order valence-electron chi connectivity index (χ3n) is 5.31. The highest BCUT2D eigenvalue weighted by Gasteiger charge is 2.46. The molecule has 2 heterocycles. The second-order valence-corrected chi connectivity index (χ2v) is 6.72. The first-order valence-electron chi connectivity index (χ1n) is 8.10. The van der Waals surface area contributed by atoms with Crippen LogP contribution in [-0.4, -0.2) is 42.1 Å². The molecule has 6 heteroatoms. The van der Waals surface area contributed by atoms with E-state index in [0.717, 1.165) is 25.9 Å². The maximum absolute atomic E-state index is 12.8. The molecule has 0 spiro atoms. The summed E-state index contributed by atoms with van der Waals surface area (Å²) >= 11 is 0. The van der Waals surface area contributed by atoms with Crippen LogP contribution >= 0.6 is 12.4 Å². The Morgan fingerprint density at radius 1 is 1.17 bits per heavy atom. The zero-order chi connectivity index (χ0) is 15.3. The van der Waals surface area contributed by atoms with Crippen molar-refractivity contribution in [3.63, 3.8) is 0 Å². The van der Waals surface area contributed by atoms with Crippen molar-refractivity contribution in [3.8, 4) is 11.5 Å². The minimum atomic E-state index is -0.565. The summed E-state index contributed by atoms with van der Waals surface area (Å²) in [5.74, 6) is 2.40. The van der Waals surface area contributed by atoms with Crippen LogP contribution in [0.3, 0.4) is 0 Å². The Balaban J connectivity index is 0.00000156. The van der Waals surface area contributed by atoms with Crippen LogP contribution in [0.4, 0.5) is 0 Å². The lowest BCUT2D eigenvalue weighted by Crippen LogP contribution is -2.50. The third-order valence-corrected chi connectivity index (χ3v) is 5.31. The first kappa shape index (κ1) is 16.4. The lowest BCUT2D eigenvalue weighted by atomic mass is 9.98. The van der Waals surface area contributed by atoms with Gasteiger partial charge in [-0.05, 0) is 43.7 Å². The fourth-order valence-corrected chi connectivity index (χ4v) is 4.06. The summed E-state index contributed by atoms with van der Waals surface area (Å²) in [5.41, 5.74) is 6.16. The fraction of sp³-hybridized carbons (Fsp3) is 0.588. The van der Waals surface area contributed by atoms with Crippen LogP contribution in [0.5, 0.6) is 11.5 Å². The number of hydrogen-bond donors (Lipinski definition) is 1. The van der Waals surface area contributed by atoms with E-state index in [1.807, 2.05) is 36.1 Å². The van der Waals surface area contributed by atoms with Crippen LogP contribution in [0, 0.1) is 11.8 Å². The van der Waals surface area contributed by atoms with Gasteiger partial charge in [-0.25, -0.2) is 0 Å². The SMILES string of the molecule is CC1Oc2ccccc2OC1C(=O)N1CC2CCC(N)C2C1.Cl. The van der Waals surface area contributed by atoms with Gasteiger partial charge in [0, 0.05) is 19.1 Å². The largest absolute Gasteiger partial charge is 0.482 e. The number of carbonyl (C=O) groups excluding carboxylic acids is 1. The molecule has 1 saturated carbocycles. The second kappa shape index (κ2) is 6.21. The highest BCUT2D eigenvalue weighted by molar-refractivity contribution is 5.85. The van der Waals surface area contributed by atoms with Crippen LogP contribution in [-0.2, 0) is 4.79 Å². The average Bonchev–Trinajstić information content (AvgIpc) is 3.08. The number of amides is 1. The molecule has 5 nitrogen and oxygen atoms in total. The normalized spacial score (nSPS) is 34.7. The van der Waals surface area contributed by atoms with Crippen molar-refractivity contribution in [2.24, 2.45) is 17.6 Å². The molecular formula is C17H23ClN2O3. The first-order valence-corrected chi connectivity index (χ1v) is 8.10. The standard InChI is InChI=1S/C17H22N2O3.ClH/c1-10-16(22-15-5-3-2-4-14(15)21-10)17(20)19-8-11-6-7-13(18)12(11)9-19;/h2-5,10-13,16H,6-9,18H2,1H3;1H. The molecule has 1 amide bonds. The highest BCUT2D eigenvalue weighted by Crippen LogP contribution is 2.39. The number of nitrogens with two attached hydrogens (primary N) is 1. The predicted octanol–water partition coefficient (Wildman–Crippen LogP) is 1.83. The van der Waals surface area contributed by atoms with Gasteiger partial charge >= 0.3 is 0 Å². The van der Waals surface area contributed by atoms with Crippen molar-refractivity contribution in [3.05, 3.63) is 24.3 Å². The van der Waals surface area contributed by atoms with Gasteiger partial charge in [-0.15, -0.1) is 12.4 Å². The summed E-state index contributed by atoms with van der Waals surface area (Å²) in [6.07, 6.45) is 1.38. The van der Waals surface area contributed by atoms with E-state index in [1.165, 1.54) is 0 Å². The molecule has 0 aromatic heterocycles. The van der Waals surface area contributed by atoms with E-state index >= 15 is 0 Å². The molecule has 1 aromatic carbocycles. The first-order chi connectivity index (χ1) is 10.6. The molecule has 5 unspecified atom stereocenters. The van der Waals surface area contributed by atoms with Crippen LogP contribution in [0.25, 0.3) is 0 Å². The molecule has 1 saturated heterocycles. The van der Waals surface area contributed by atoms with E-state index in [0.29, 0.717) is 23.3 Å². The summed E-state index contributed by atoms with van der Waals surface area (Å²) < 4.78 is 11.8. The molecular weight excluding hydrogens is 316 g/mol. The zero-order valence-electron chi connectivity index (χ0n) is 13.2. The van der Waals surface area contributed by atoms with E-state index < -0.39 is 6.10 Å². The van der Waals surface area contributed by atoms with Gasteiger partial charge in [-0.1, -0.05) is 12.1 Å². The number of ether oxygens (including phenoxy) is 2. The Morgan fingerprint density at radius 2 is 1.87 bits per heavy atom. The Bertz CT molecular complexity index is 597. The maximum Gasteiger partial charge on any atom is 0.267 e. The topological polar surface area (TPSA) is 64.8 Å². The maximum atomic E-state index is 12.8. The van der Waals surface area contributed by atoms with E-state index in [4.69, 9.17) is 15.2 Å². The number of halogens is 1. The van der Waals surface area contributed by atoms with Gasteiger partial charge in [-0.3, -0.25) is 4.79 Å². The molecule has 4 rings (SSSR count). The lowest BCUT2D eigenvalue weighted by molar-refractivity contribution is -0.143. The Hall–Kier alpha value is -1.46. The number of likely N-dealkylation sites (tertiary alicyclic amines) is 1. The number of carbonyl (C=O) groups is 1. The van der Waals surface area contributed by atoms with Gasteiger partial charge in [0.1, 0.15) is 6.10 Å². The van der Waals surface area contributed by atoms with Gasteiger partial charge in [-0.2, -0.15) is 0 Å². The molecule has 0 bridgehead atoms. The van der Waals surface area contributed by atoms with Crippen LogP contribution in [0.15, 0.2) is 24.3 Å². The summed E-state index contributed by atoms with van der Waals surface area (Å²) in [7, 11) is 0. The van der Waals surface area contributed by atoms with Crippen molar-refractivity contribution >= 4 is 18.3 Å². The highest BCUT2D eigenvalue weighted by atomic mass is 35.5. The van der Waals surface area contributed by atoms with Crippen molar-refractivity contribution in [2.45, 2.75) is 38.0 Å². The van der Waals surface area contributed by atoms with Gasteiger partial charge < -0.3 is 20.1 Å². The minimum absolute atomic E-state index is 0. The van der Waals surface area contributed by atoms with E-state index in [-0.39, 0.29) is 30.5 Å². The van der Waals surface area contributed by atoms with Crippen molar-refractivity contribution in [1.29, 1.82) is 0 Å². The molecule has 126 valence electrons. The lowest BCUT2D eigenvalue weighted by Gasteiger charge is -2.33. The molecule has 1 aliphatic carbocycles. The molecule has 23 heavy (non-hydrogen) atoms.